The smallest absolute Gasteiger partial charge is 0.392 e. The molecule has 0 spiro atoms. The van der Waals surface area contributed by atoms with Gasteiger partial charge in [-0.15, -0.1) is 0 Å². The van der Waals surface area contributed by atoms with Gasteiger partial charge in [-0.05, 0) is 24.6 Å². The first-order chi connectivity index (χ1) is 19.6. The number of pyridine rings is 1. The van der Waals surface area contributed by atoms with Crippen LogP contribution in [0.15, 0.2) is 53.2 Å². The lowest BCUT2D eigenvalue weighted by atomic mass is 9.91. The Hall–Kier alpha value is -4.14. The number of aromatic nitrogens is 1. The number of hydrogen-bond acceptors (Lipinski definition) is 6. The molecule has 0 saturated heterocycles. The van der Waals surface area contributed by atoms with E-state index in [9.17, 15) is 40.7 Å². The molecule has 3 amide bonds. The Morgan fingerprint density at radius 2 is 1.88 bits per heavy atom. The summed E-state index contributed by atoms with van der Waals surface area (Å²) in [6, 6.07) is 6.45. The van der Waals surface area contributed by atoms with Crippen molar-refractivity contribution in [1.29, 1.82) is 0 Å². The van der Waals surface area contributed by atoms with Gasteiger partial charge in [0, 0.05) is 30.3 Å². The molecule has 0 radical (unpaired) electrons. The van der Waals surface area contributed by atoms with Gasteiger partial charge >= 0.3 is 12.4 Å². The maximum absolute atomic E-state index is 13.1. The molecule has 1 aromatic heterocycles. The number of carbonyl (C=O) groups excluding carboxylic acids is 3. The van der Waals surface area contributed by atoms with Crippen LogP contribution in [0.5, 0.6) is 5.75 Å². The molecule has 226 valence electrons. The zero-order valence-electron chi connectivity index (χ0n) is 21.8. The third-order valence-electron chi connectivity index (χ3n) is 6.01. The van der Waals surface area contributed by atoms with E-state index in [4.69, 9.17) is 22.1 Å². The highest BCUT2D eigenvalue weighted by molar-refractivity contribution is 6.30. The van der Waals surface area contributed by atoms with E-state index in [1.807, 2.05) is 0 Å². The number of carbonyl (C=O) groups is 3. The number of para-hydroxylation sites is 1. The van der Waals surface area contributed by atoms with E-state index < -0.39 is 73.4 Å². The van der Waals surface area contributed by atoms with E-state index in [2.05, 4.69) is 20.6 Å². The number of allylic oxidation sites excluding steroid dienone is 1. The quantitative estimate of drug-likeness (QED) is 0.269. The van der Waals surface area contributed by atoms with Gasteiger partial charge < -0.3 is 21.1 Å². The van der Waals surface area contributed by atoms with E-state index in [1.165, 1.54) is 25.4 Å². The molecule has 2 aromatic rings. The highest BCUT2D eigenvalue weighted by Crippen LogP contribution is 2.33. The molecule has 1 aliphatic heterocycles. The first-order valence-electron chi connectivity index (χ1n) is 12.2. The summed E-state index contributed by atoms with van der Waals surface area (Å²) in [5.74, 6) is -5.22. The molecular formula is C26H24ClF6N5O4. The fourth-order valence-corrected chi connectivity index (χ4v) is 4.16. The second-order valence-electron chi connectivity index (χ2n) is 9.02. The minimum Gasteiger partial charge on any atom is -0.495 e. The monoisotopic (exact) mass is 619 g/mol. The van der Waals surface area contributed by atoms with Crippen LogP contribution in [0, 0.1) is 5.92 Å². The number of primary amides is 1. The number of methoxy groups -OCH3 is 1. The highest BCUT2D eigenvalue weighted by Gasteiger charge is 2.35. The Labute approximate surface area is 240 Å². The molecule has 2 heterocycles. The van der Waals surface area contributed by atoms with E-state index in [0.717, 1.165) is 0 Å². The number of hydrogen-bond donors (Lipinski definition) is 3. The number of ether oxygens (including phenoxy) is 1. The van der Waals surface area contributed by atoms with Gasteiger partial charge in [0.2, 0.25) is 11.8 Å². The predicted octanol–water partition coefficient (Wildman–Crippen LogP) is 4.34. The minimum absolute atomic E-state index is 0.172. The summed E-state index contributed by atoms with van der Waals surface area (Å²) >= 11 is 5.94. The lowest BCUT2D eigenvalue weighted by molar-refractivity contribution is -0.140. The van der Waals surface area contributed by atoms with Gasteiger partial charge in [-0.1, -0.05) is 29.8 Å². The second kappa shape index (κ2) is 13.2. The molecule has 42 heavy (non-hydrogen) atoms. The fourth-order valence-electron chi connectivity index (χ4n) is 4.05. The van der Waals surface area contributed by atoms with Gasteiger partial charge in [-0.25, -0.2) is 0 Å². The van der Waals surface area contributed by atoms with Crippen molar-refractivity contribution in [2.45, 2.75) is 37.7 Å². The number of benzodiazepines with no additional fused rings is 1. The molecule has 4 N–H and O–H groups in total. The van der Waals surface area contributed by atoms with Crippen LogP contribution in [0.3, 0.4) is 0 Å². The topological polar surface area (TPSA) is 136 Å². The van der Waals surface area contributed by atoms with Gasteiger partial charge in [-0.2, -0.15) is 26.3 Å². The summed E-state index contributed by atoms with van der Waals surface area (Å²) in [5.41, 5.74) is 5.32. The summed E-state index contributed by atoms with van der Waals surface area (Å²) in [6.07, 6.45) is -12.3. The molecule has 16 heteroatoms. The third kappa shape index (κ3) is 8.68. The van der Waals surface area contributed by atoms with Crippen molar-refractivity contribution in [2.75, 3.05) is 19.0 Å². The largest absolute Gasteiger partial charge is 0.495 e. The van der Waals surface area contributed by atoms with Crippen LogP contribution in [0.2, 0.25) is 5.02 Å². The highest BCUT2D eigenvalue weighted by atomic mass is 35.5. The Bertz CT molecular complexity index is 1390. The first-order valence-corrected chi connectivity index (χ1v) is 12.6. The minimum atomic E-state index is -4.84. The standard InChI is InChI=1S/C26H24ClF6N5O4/c1-42-19-4-2-3-16-20(17-6-5-13(27)11-35-17)37-18(24(41)38-21(16)19)12-36-23(40)15(8-10-26(31,32)33)14(22(34)39)7-9-25(28,29)30/h2-6,8,11,14,18H,7,9-10,12H2,1H3,(H2,34,39)(H,36,40)(H,38,41)/b15-8-/t14-,18+/m0/s1. The van der Waals surface area contributed by atoms with Crippen molar-refractivity contribution < 1.29 is 45.5 Å². The van der Waals surface area contributed by atoms with E-state index >= 15 is 0 Å². The van der Waals surface area contributed by atoms with Crippen LogP contribution in [-0.4, -0.2) is 60.5 Å². The average Bonchev–Trinajstić information content (AvgIpc) is 3.04. The zero-order chi connectivity index (χ0) is 31.2. The number of amides is 3. The van der Waals surface area contributed by atoms with Crippen molar-refractivity contribution >= 4 is 40.7 Å². The van der Waals surface area contributed by atoms with Gasteiger partial charge in [0.1, 0.15) is 11.8 Å². The molecule has 1 aliphatic rings. The number of nitrogens with one attached hydrogen (secondary N) is 2. The van der Waals surface area contributed by atoms with Gasteiger partial charge in [-0.3, -0.25) is 24.4 Å². The van der Waals surface area contributed by atoms with E-state index in [-0.39, 0.29) is 22.8 Å². The molecule has 2 atom stereocenters. The Balaban J connectivity index is 1.96. The number of anilines is 1. The summed E-state index contributed by atoms with van der Waals surface area (Å²) in [7, 11) is 1.37. The number of aliphatic imine (C=N–C) groups is 1. The molecule has 1 aromatic carbocycles. The van der Waals surface area contributed by atoms with Crippen LogP contribution >= 0.6 is 11.6 Å². The second-order valence-corrected chi connectivity index (χ2v) is 9.46. The maximum atomic E-state index is 13.1. The molecule has 0 saturated carbocycles. The molecular weight excluding hydrogens is 596 g/mol. The van der Waals surface area contributed by atoms with Gasteiger partial charge in [0.15, 0.2) is 0 Å². The lowest BCUT2D eigenvalue weighted by Gasteiger charge is -2.20. The fraction of sp³-hybridized carbons (Fsp3) is 0.346. The Morgan fingerprint density at radius 3 is 2.45 bits per heavy atom. The first kappa shape index (κ1) is 32.4. The number of rotatable bonds is 10. The molecule has 3 rings (SSSR count). The molecule has 9 nitrogen and oxygen atoms in total. The zero-order valence-corrected chi connectivity index (χ0v) is 22.5. The van der Waals surface area contributed by atoms with Crippen LogP contribution in [0.4, 0.5) is 32.0 Å². The summed E-state index contributed by atoms with van der Waals surface area (Å²) in [5, 5.41) is 5.15. The predicted molar refractivity (Wildman–Crippen MR) is 140 cm³/mol. The van der Waals surface area contributed by atoms with E-state index in [0.29, 0.717) is 16.7 Å². The average molecular weight is 620 g/mol. The molecule has 0 aliphatic carbocycles. The molecule has 0 unspecified atom stereocenters. The van der Waals surface area contributed by atoms with Gasteiger partial charge in [0.05, 0.1) is 41.6 Å². The van der Waals surface area contributed by atoms with Crippen LogP contribution in [0.25, 0.3) is 0 Å². The maximum Gasteiger partial charge on any atom is 0.392 e. The summed E-state index contributed by atoms with van der Waals surface area (Å²) in [4.78, 5) is 46.7. The Kier molecular flexibility index (Phi) is 10.2. The normalized spacial score (nSPS) is 16.5. The van der Waals surface area contributed by atoms with Crippen LogP contribution in [-0.2, 0) is 14.4 Å². The molecule has 0 fully saturated rings. The number of nitrogens with zero attached hydrogens (tertiary/aromatic N) is 2. The Morgan fingerprint density at radius 1 is 1.17 bits per heavy atom. The number of alkyl halides is 6. The summed E-state index contributed by atoms with van der Waals surface area (Å²) in [6.45, 7) is -0.619. The van der Waals surface area contributed by atoms with Crippen LogP contribution < -0.4 is 21.1 Å². The van der Waals surface area contributed by atoms with Crippen molar-refractivity contribution in [1.82, 2.24) is 10.3 Å². The van der Waals surface area contributed by atoms with Gasteiger partial charge in [0.25, 0.3) is 5.91 Å². The van der Waals surface area contributed by atoms with Crippen molar-refractivity contribution in [3.05, 3.63) is 64.5 Å². The van der Waals surface area contributed by atoms with Crippen LogP contribution in [0.1, 0.15) is 30.5 Å². The number of fused-ring (bicyclic) bond motifs is 1. The SMILES string of the molecule is COc1cccc2c1NC(=O)[C@@H](CNC(=O)/C(=C\CC(F)(F)F)[C@H](CCC(F)(F)F)C(N)=O)N=C2c1ccc(Cl)cn1. The number of halogens is 7. The summed E-state index contributed by atoms with van der Waals surface area (Å²) < 4.78 is 82.6. The number of nitrogens with two attached hydrogens (primary N) is 1. The van der Waals surface area contributed by atoms with E-state index in [1.54, 1.807) is 18.2 Å². The third-order valence-corrected chi connectivity index (χ3v) is 6.24. The number of benzene rings is 1. The van der Waals surface area contributed by atoms with Crippen molar-refractivity contribution in [3.8, 4) is 5.75 Å². The van der Waals surface area contributed by atoms with Crippen molar-refractivity contribution in [3.63, 3.8) is 0 Å². The molecule has 0 bridgehead atoms. The van der Waals surface area contributed by atoms with Crippen molar-refractivity contribution in [2.24, 2.45) is 16.6 Å². The lowest BCUT2D eigenvalue weighted by Crippen LogP contribution is -2.41.